The van der Waals surface area contributed by atoms with E-state index < -0.39 is 58.2 Å². The van der Waals surface area contributed by atoms with E-state index in [1.54, 1.807) is 85.4 Å². The van der Waals surface area contributed by atoms with Crippen molar-refractivity contribution in [3.63, 3.8) is 0 Å². The molecule has 2 aromatic rings. The molecule has 2 aliphatic rings. The SMILES string of the molecule is CC(C)(C)OC(=O)/N=C/NC(=O)OC(C)(C)C.Cc1cc(NC(=O)c2c(F)cc(C3=CCN(C(=BOC#N)NC(=O)OC(C)(C)C)CC3)cc2F)ccc1C1=CCN(C)CC1. The molecule has 0 fully saturated rings. The predicted molar refractivity (Wildman–Crippen MR) is 231 cm³/mol. The molecule has 3 N–H and O–H groups in total. The van der Waals surface area contributed by atoms with E-state index in [0.717, 1.165) is 56.2 Å². The largest absolute Gasteiger partial charge is 0.302 e. The van der Waals surface area contributed by atoms with Crippen molar-refractivity contribution in [2.75, 3.05) is 38.5 Å². The van der Waals surface area contributed by atoms with Gasteiger partial charge >= 0.3 is 190 Å². The van der Waals surface area contributed by atoms with Gasteiger partial charge in [0, 0.05) is 13.1 Å². The van der Waals surface area contributed by atoms with Crippen LogP contribution in [0.2, 0.25) is 0 Å². The van der Waals surface area contributed by atoms with Crippen LogP contribution in [0.1, 0.15) is 102 Å². The van der Waals surface area contributed by atoms with Gasteiger partial charge in [-0.3, -0.25) is 5.32 Å². The first-order valence-electron chi connectivity index (χ1n) is 19.6. The molecule has 4 rings (SSSR count). The number of carbonyl (C=O) groups excluding carboxylic acids is 4. The van der Waals surface area contributed by atoms with Crippen LogP contribution in [-0.2, 0) is 18.9 Å². The second kappa shape index (κ2) is 21.4. The van der Waals surface area contributed by atoms with Crippen molar-refractivity contribution in [3.8, 4) is 6.26 Å². The molecule has 0 saturated carbocycles. The zero-order valence-electron chi connectivity index (χ0n) is 36.7. The molecular weight excluding hydrogens is 791 g/mol. The van der Waals surface area contributed by atoms with E-state index in [-0.39, 0.29) is 12.3 Å². The summed E-state index contributed by atoms with van der Waals surface area (Å²) in [6, 6.07) is 7.76. The fourth-order valence-corrected chi connectivity index (χ4v) is 5.84. The molecule has 0 radical (unpaired) electrons. The Morgan fingerprint density at radius 3 is 1.95 bits per heavy atom. The van der Waals surface area contributed by atoms with E-state index in [1.165, 1.54) is 11.8 Å². The Bertz CT molecular complexity index is 2090. The normalized spacial score (nSPS) is 14.8. The van der Waals surface area contributed by atoms with Crippen molar-refractivity contribution in [2.45, 2.75) is 98.9 Å². The fraction of sp³-hybridized carbons (Fsp3) is 0.465. The average molecular weight is 848 g/mol. The van der Waals surface area contributed by atoms with Crippen LogP contribution in [0.4, 0.5) is 28.9 Å². The van der Waals surface area contributed by atoms with Crippen molar-refractivity contribution in [3.05, 3.63) is 76.4 Å². The first-order chi connectivity index (χ1) is 28.3. The smallest absolute Gasteiger partial charge is 0.0166 e. The molecule has 61 heavy (non-hydrogen) atoms. The summed E-state index contributed by atoms with van der Waals surface area (Å²) in [6.45, 7) is 19.9. The quantitative estimate of drug-likeness (QED) is 0.0785. The maximum absolute atomic E-state index is 15.2. The van der Waals surface area contributed by atoms with Crippen molar-refractivity contribution in [2.24, 2.45) is 4.99 Å². The van der Waals surface area contributed by atoms with Crippen molar-refractivity contribution < 1.29 is 46.8 Å². The molecule has 0 bridgehead atoms. The first-order valence-corrected chi connectivity index (χ1v) is 19.6. The number of hydrogen-bond acceptors (Lipinski definition) is 11. The Hall–Kier alpha value is -6.09. The number of hydrogen-bond donors (Lipinski definition) is 3. The van der Waals surface area contributed by atoms with Crippen molar-refractivity contribution >= 4 is 60.2 Å². The van der Waals surface area contributed by atoms with Crippen LogP contribution >= 0.6 is 0 Å². The van der Waals surface area contributed by atoms with Crippen molar-refractivity contribution in [1.82, 2.24) is 20.4 Å². The second-order valence-electron chi connectivity index (χ2n) is 17.2. The van der Waals surface area contributed by atoms with Gasteiger partial charge in [0.1, 0.15) is 17.5 Å². The summed E-state index contributed by atoms with van der Waals surface area (Å²) in [7, 11) is 3.16. The van der Waals surface area contributed by atoms with Crippen LogP contribution in [0.15, 0.2) is 47.5 Å². The predicted octanol–water partition coefficient (Wildman–Crippen LogP) is 7.54. The number of nitriles is 1. The van der Waals surface area contributed by atoms with E-state index in [0.29, 0.717) is 29.8 Å². The summed E-state index contributed by atoms with van der Waals surface area (Å²) in [4.78, 5) is 54.8. The average Bonchev–Trinajstić information content (AvgIpc) is 3.12. The molecule has 4 amide bonds. The van der Waals surface area contributed by atoms with Crippen LogP contribution in [-0.4, -0.2) is 103 Å². The number of amides is 4. The number of likely N-dealkylation sites (N-methyl/N-ethyl adjacent to an activating group) is 1. The van der Waals surface area contributed by atoms with Gasteiger partial charge < -0.3 is 14.4 Å². The zero-order chi connectivity index (χ0) is 45.7. The number of aliphatic imine (C=N–C) groups is 1. The minimum absolute atomic E-state index is 0.201. The standard InChI is InChI=1S/C32H36BF2N5O4.C11H20N2O4/c1-20-16-24(6-7-25(20)22-8-12-39(5)13-9-22)37-29(41)28-26(34)17-23(18-27(28)35)21-10-14-40(15-11-21)30(33-43-19-36)38-31(42)44-32(2,3)4;1-10(2,3)16-8(14)12-7-13-9(15)17-11(4,5)6/h6-8,10,16-18H,9,11-15H2,1-5H3,(H,37,41)(H,38,42);7H,1-6H3,(H,12,13,14,15). The van der Waals surface area contributed by atoms with Gasteiger partial charge in [0.05, 0.1) is 0 Å². The molecule has 15 nitrogen and oxygen atoms in total. The summed E-state index contributed by atoms with van der Waals surface area (Å²) in [5, 5.41) is 16.2. The third-order valence-corrected chi connectivity index (χ3v) is 8.43. The van der Waals surface area contributed by atoms with Crippen LogP contribution in [0.3, 0.4) is 0 Å². The van der Waals surface area contributed by atoms with Gasteiger partial charge in [0.15, 0.2) is 0 Å². The van der Waals surface area contributed by atoms with E-state index in [1.807, 2.05) is 13.0 Å². The Balaban J connectivity index is 0.000000493. The third-order valence-electron chi connectivity index (χ3n) is 8.43. The van der Waals surface area contributed by atoms with Gasteiger partial charge in [-0.05, 0) is 90.8 Å². The number of benzene rings is 2. The van der Waals surface area contributed by atoms with Gasteiger partial charge in [0.2, 0.25) is 0 Å². The maximum atomic E-state index is 15.2. The molecule has 18 heteroatoms. The molecule has 0 saturated heterocycles. The molecule has 0 atom stereocenters. The Labute approximate surface area is 357 Å². The molecular formula is C43H56BF2N7O8. The topological polar surface area (TPSA) is 184 Å². The van der Waals surface area contributed by atoms with E-state index in [9.17, 15) is 19.2 Å². The van der Waals surface area contributed by atoms with Crippen LogP contribution in [0.5, 0.6) is 0 Å². The number of alkyl carbamates (subject to hydrolysis) is 2. The number of nitrogens with one attached hydrogen (secondary N) is 3. The number of ether oxygens (including phenoxy) is 3. The fourth-order valence-electron chi connectivity index (χ4n) is 5.84. The number of rotatable bonds is 8. The van der Waals surface area contributed by atoms with Gasteiger partial charge in [0.25, 0.3) is 0 Å². The van der Waals surface area contributed by atoms with Gasteiger partial charge in [-0.25, -0.2) is 9.59 Å². The van der Waals surface area contributed by atoms with Crippen LogP contribution in [0, 0.1) is 30.1 Å². The van der Waals surface area contributed by atoms with Crippen molar-refractivity contribution in [1.29, 1.82) is 5.26 Å². The zero-order valence-corrected chi connectivity index (χ0v) is 36.7. The minimum Gasteiger partial charge on any atom is -0.302 e. The number of nitrogens with zero attached hydrogens (tertiary/aromatic N) is 4. The number of halogens is 2. The number of aryl methyl sites for hydroxylation is 1. The van der Waals surface area contributed by atoms with Crippen LogP contribution < -0.4 is 16.0 Å². The van der Waals surface area contributed by atoms with Gasteiger partial charge in [-0.1, -0.05) is 12.1 Å². The first kappa shape index (κ1) is 49.3. The van der Waals surface area contributed by atoms with E-state index >= 15 is 8.78 Å². The van der Waals surface area contributed by atoms with E-state index in [2.05, 4.69) is 39.0 Å². The Morgan fingerprint density at radius 2 is 1.43 bits per heavy atom. The summed E-state index contributed by atoms with van der Waals surface area (Å²) in [6.07, 6.45) is 5.53. The number of carbonyl (C=O) groups is 4. The molecule has 0 aliphatic carbocycles. The Morgan fingerprint density at radius 1 is 0.836 bits per heavy atom. The Kier molecular flexibility index (Phi) is 17.3. The molecule has 0 spiro atoms. The van der Waals surface area contributed by atoms with Gasteiger partial charge in [-0.15, -0.1) is 0 Å². The summed E-state index contributed by atoms with van der Waals surface area (Å²) >= 11 is 0. The molecule has 0 unspecified atom stereocenters. The molecule has 328 valence electrons. The van der Waals surface area contributed by atoms with Crippen LogP contribution in [0.25, 0.3) is 11.1 Å². The monoisotopic (exact) mass is 847 g/mol. The van der Waals surface area contributed by atoms with Gasteiger partial charge in [-0.2, -0.15) is 4.99 Å². The minimum atomic E-state index is -0.972. The summed E-state index contributed by atoms with van der Waals surface area (Å²) in [5.41, 5.74) is 2.33. The molecule has 2 aliphatic heterocycles. The summed E-state index contributed by atoms with van der Waals surface area (Å²) < 4.78 is 50.2. The number of anilines is 1. The van der Waals surface area contributed by atoms with E-state index in [4.69, 9.17) is 24.1 Å². The second-order valence-corrected chi connectivity index (χ2v) is 17.2. The summed E-state index contributed by atoms with van der Waals surface area (Å²) in [5.74, 6) is -2.82. The third kappa shape index (κ3) is 17.2. The molecule has 2 heterocycles. The molecule has 2 aromatic carbocycles. The maximum Gasteiger partial charge on any atom is 0.0166 e. The molecule has 0 aromatic heterocycles.